The molecular weight excluding hydrogens is 381 g/mol. The van der Waals surface area contributed by atoms with Crippen molar-refractivity contribution in [3.8, 4) is 11.4 Å². The molecule has 4 aromatic rings. The highest BCUT2D eigenvalue weighted by Crippen LogP contribution is 2.34. The molecule has 5 nitrogen and oxygen atoms in total. The molecule has 0 bridgehead atoms. The highest BCUT2D eigenvalue weighted by atomic mass is 19.1. The van der Waals surface area contributed by atoms with Crippen LogP contribution in [0.3, 0.4) is 0 Å². The van der Waals surface area contributed by atoms with Crippen LogP contribution in [-0.2, 0) is 0 Å². The maximum Gasteiger partial charge on any atom is 0.252 e. The fourth-order valence-electron chi connectivity index (χ4n) is 3.73. The molecule has 0 spiro atoms. The van der Waals surface area contributed by atoms with Crippen LogP contribution in [0, 0.1) is 11.2 Å². The topological polar surface area (TPSA) is 49.0 Å². The van der Waals surface area contributed by atoms with Gasteiger partial charge in [-0.25, -0.2) is 4.39 Å². The Bertz CT molecular complexity index is 1280. The van der Waals surface area contributed by atoms with E-state index in [1.165, 1.54) is 17.9 Å². The van der Waals surface area contributed by atoms with Crippen molar-refractivity contribution in [3.05, 3.63) is 54.1 Å². The zero-order chi connectivity index (χ0) is 21.8. The van der Waals surface area contributed by atoms with Crippen LogP contribution < -0.4 is 4.74 Å². The van der Waals surface area contributed by atoms with Crippen molar-refractivity contribution in [2.45, 2.75) is 40.5 Å². The average molecular weight is 407 g/mol. The number of aromatic nitrogens is 3. The number of benzene rings is 2. The first-order chi connectivity index (χ1) is 14.1. The van der Waals surface area contributed by atoms with Gasteiger partial charge in [0.15, 0.2) is 11.6 Å². The third-order valence-corrected chi connectivity index (χ3v) is 5.34. The van der Waals surface area contributed by atoms with E-state index < -0.39 is 11.2 Å². The minimum atomic E-state index is -0.534. The molecule has 30 heavy (non-hydrogen) atoms. The largest absolute Gasteiger partial charge is 0.494 e. The van der Waals surface area contributed by atoms with Crippen molar-refractivity contribution in [1.29, 1.82) is 0 Å². The van der Waals surface area contributed by atoms with E-state index in [1.54, 1.807) is 18.3 Å². The molecule has 0 unspecified atom stereocenters. The summed E-state index contributed by atoms with van der Waals surface area (Å²) in [6, 6.07) is 11.0. The molecule has 0 fully saturated rings. The van der Waals surface area contributed by atoms with E-state index in [4.69, 9.17) is 4.74 Å². The monoisotopic (exact) mass is 407 g/mol. The molecule has 2 heterocycles. The first-order valence-electron chi connectivity index (χ1n) is 10.0. The van der Waals surface area contributed by atoms with Gasteiger partial charge >= 0.3 is 0 Å². The zero-order valence-corrected chi connectivity index (χ0v) is 18.2. The van der Waals surface area contributed by atoms with E-state index in [2.05, 4.69) is 29.6 Å². The molecule has 0 aliphatic carbocycles. The highest BCUT2D eigenvalue weighted by Gasteiger charge is 2.26. The Labute approximate surface area is 175 Å². The van der Waals surface area contributed by atoms with Crippen molar-refractivity contribution < 1.29 is 13.9 Å². The second kappa shape index (κ2) is 6.97. The number of carbonyl (C=O) groups excluding carboxylic acids is 1. The molecule has 156 valence electrons. The normalized spacial score (nSPS) is 12.3. The minimum Gasteiger partial charge on any atom is -0.494 e. The molecule has 0 aliphatic heterocycles. The van der Waals surface area contributed by atoms with E-state index in [0.717, 1.165) is 33.2 Å². The van der Waals surface area contributed by atoms with Gasteiger partial charge in [-0.2, -0.15) is 9.78 Å². The molecule has 0 amide bonds. The molecule has 0 aliphatic rings. The summed E-state index contributed by atoms with van der Waals surface area (Å²) in [6.45, 7) is 9.90. The predicted octanol–water partition coefficient (Wildman–Crippen LogP) is 5.94. The summed E-state index contributed by atoms with van der Waals surface area (Å²) >= 11 is 0. The maximum atomic E-state index is 14.0. The standard InChI is InChI=1S/C24H26FN3O2/c1-14(2)19-9-15-10-21-16(13-26-28(21)23(29)24(3,4)5)11-20(15)27(19)17-7-8-18(25)22(12-17)30-6/h7-14H,1-6H3. The third kappa shape index (κ3) is 3.16. The predicted molar refractivity (Wildman–Crippen MR) is 117 cm³/mol. The fraction of sp³-hybridized carbons (Fsp3) is 0.333. The van der Waals surface area contributed by atoms with Crippen molar-refractivity contribution in [1.82, 2.24) is 14.3 Å². The third-order valence-electron chi connectivity index (χ3n) is 5.34. The molecule has 6 heteroatoms. The van der Waals surface area contributed by atoms with Crippen LogP contribution in [0.5, 0.6) is 5.75 Å². The Morgan fingerprint density at radius 2 is 1.77 bits per heavy atom. The summed E-state index contributed by atoms with van der Waals surface area (Å²) in [5, 5.41) is 6.23. The number of rotatable bonds is 3. The summed E-state index contributed by atoms with van der Waals surface area (Å²) in [5.74, 6) is -0.00482. The first kappa shape index (κ1) is 20.1. The van der Waals surface area contributed by atoms with Crippen LogP contribution in [0.2, 0.25) is 0 Å². The SMILES string of the molecule is COc1cc(-n2c(C(C)C)cc3cc4c(cnn4C(=O)C(C)(C)C)cc32)ccc1F. The Kier molecular flexibility index (Phi) is 4.68. The van der Waals surface area contributed by atoms with Gasteiger partial charge in [-0.15, -0.1) is 0 Å². The lowest BCUT2D eigenvalue weighted by Gasteiger charge is -2.16. The van der Waals surface area contributed by atoms with Crippen LogP contribution in [0.1, 0.15) is 51.0 Å². The second-order valence-electron chi connectivity index (χ2n) is 8.96. The van der Waals surface area contributed by atoms with Gasteiger partial charge in [-0.1, -0.05) is 34.6 Å². The van der Waals surface area contributed by atoms with Gasteiger partial charge in [-0.3, -0.25) is 4.79 Å². The van der Waals surface area contributed by atoms with E-state index >= 15 is 0 Å². The van der Waals surface area contributed by atoms with E-state index in [1.807, 2.05) is 32.9 Å². The lowest BCUT2D eigenvalue weighted by atomic mass is 9.96. The van der Waals surface area contributed by atoms with Crippen molar-refractivity contribution in [2.75, 3.05) is 7.11 Å². The van der Waals surface area contributed by atoms with Gasteiger partial charge in [0.1, 0.15) is 0 Å². The number of ether oxygens (including phenoxy) is 1. The van der Waals surface area contributed by atoms with Crippen LogP contribution in [-0.4, -0.2) is 27.4 Å². The Morgan fingerprint density at radius 1 is 1.07 bits per heavy atom. The first-order valence-corrected chi connectivity index (χ1v) is 10.0. The van der Waals surface area contributed by atoms with Gasteiger partial charge < -0.3 is 9.30 Å². The van der Waals surface area contributed by atoms with E-state index in [-0.39, 0.29) is 17.6 Å². The van der Waals surface area contributed by atoms with Crippen LogP contribution in [0.4, 0.5) is 4.39 Å². The number of carbonyl (C=O) groups is 1. The second-order valence-corrected chi connectivity index (χ2v) is 8.96. The lowest BCUT2D eigenvalue weighted by Crippen LogP contribution is -2.27. The number of hydrogen-bond acceptors (Lipinski definition) is 3. The molecular formula is C24H26FN3O2. The maximum absolute atomic E-state index is 14.0. The van der Waals surface area contributed by atoms with Crippen molar-refractivity contribution in [2.24, 2.45) is 5.41 Å². The van der Waals surface area contributed by atoms with Crippen LogP contribution in [0.15, 0.2) is 42.6 Å². The fourth-order valence-corrected chi connectivity index (χ4v) is 3.73. The molecule has 2 aromatic heterocycles. The molecule has 0 saturated heterocycles. The summed E-state index contributed by atoms with van der Waals surface area (Å²) in [7, 11) is 1.46. The summed E-state index contributed by atoms with van der Waals surface area (Å²) in [4.78, 5) is 12.8. The number of nitrogens with zero attached hydrogens (tertiary/aromatic N) is 3. The van der Waals surface area contributed by atoms with Crippen molar-refractivity contribution >= 4 is 27.7 Å². The number of hydrogen-bond donors (Lipinski definition) is 0. The molecule has 0 saturated carbocycles. The Balaban J connectivity index is 1.99. The number of fused-ring (bicyclic) bond motifs is 2. The van der Waals surface area contributed by atoms with Gasteiger partial charge in [-0.05, 0) is 36.2 Å². The Morgan fingerprint density at radius 3 is 2.40 bits per heavy atom. The van der Waals surface area contributed by atoms with Crippen LogP contribution in [0.25, 0.3) is 27.5 Å². The summed E-state index contributed by atoms with van der Waals surface area (Å²) in [6.07, 6.45) is 1.72. The number of methoxy groups -OCH3 is 1. The number of halogens is 1. The average Bonchev–Trinajstić information content (AvgIpc) is 3.26. The van der Waals surface area contributed by atoms with Gasteiger partial charge in [0.25, 0.3) is 5.91 Å². The van der Waals surface area contributed by atoms with Gasteiger partial charge in [0.2, 0.25) is 0 Å². The molecule has 0 N–H and O–H groups in total. The summed E-state index contributed by atoms with van der Waals surface area (Å²) in [5.41, 5.74) is 3.14. The van der Waals surface area contributed by atoms with Crippen molar-refractivity contribution in [3.63, 3.8) is 0 Å². The lowest BCUT2D eigenvalue weighted by molar-refractivity contribution is 0.0755. The van der Waals surface area contributed by atoms with Gasteiger partial charge in [0, 0.05) is 33.6 Å². The van der Waals surface area contributed by atoms with Crippen LogP contribution >= 0.6 is 0 Å². The minimum absolute atomic E-state index is 0.0522. The highest BCUT2D eigenvalue weighted by molar-refractivity contribution is 6.01. The molecule has 2 aromatic carbocycles. The van der Waals surface area contributed by atoms with E-state index in [9.17, 15) is 9.18 Å². The molecule has 0 atom stereocenters. The Hall–Kier alpha value is -3.15. The summed E-state index contributed by atoms with van der Waals surface area (Å²) < 4.78 is 22.8. The zero-order valence-electron chi connectivity index (χ0n) is 18.2. The smallest absolute Gasteiger partial charge is 0.252 e. The molecule has 4 rings (SSSR count). The quantitative estimate of drug-likeness (QED) is 0.422. The van der Waals surface area contributed by atoms with E-state index in [0.29, 0.717) is 0 Å². The van der Waals surface area contributed by atoms with Gasteiger partial charge in [0.05, 0.1) is 24.3 Å². The molecule has 0 radical (unpaired) electrons.